The fraction of sp³-hybridized carbons (Fsp3) is 0.500. The first-order valence-electron chi connectivity index (χ1n) is 8.28. The van der Waals surface area contributed by atoms with Gasteiger partial charge in [0.1, 0.15) is 11.6 Å². The predicted molar refractivity (Wildman–Crippen MR) is 84.6 cm³/mol. The Morgan fingerprint density at radius 1 is 1.21 bits per heavy atom. The number of benzene rings is 1. The Morgan fingerprint density at radius 2 is 1.92 bits per heavy atom. The first-order chi connectivity index (χ1) is 11.5. The van der Waals surface area contributed by atoms with E-state index in [1.807, 2.05) is 0 Å². The Morgan fingerprint density at radius 3 is 2.58 bits per heavy atom. The van der Waals surface area contributed by atoms with E-state index >= 15 is 0 Å². The van der Waals surface area contributed by atoms with Crippen molar-refractivity contribution in [3.63, 3.8) is 0 Å². The highest BCUT2D eigenvalue weighted by Gasteiger charge is 2.41. The Kier molecular flexibility index (Phi) is 4.92. The summed E-state index contributed by atoms with van der Waals surface area (Å²) in [4.78, 5) is 36.0. The van der Waals surface area contributed by atoms with Gasteiger partial charge >= 0.3 is 5.97 Å². The predicted octanol–water partition coefficient (Wildman–Crippen LogP) is 2.70. The van der Waals surface area contributed by atoms with Crippen LogP contribution in [-0.2, 0) is 19.1 Å². The van der Waals surface area contributed by atoms with Crippen molar-refractivity contribution in [2.75, 3.05) is 11.9 Å². The highest BCUT2D eigenvalue weighted by atomic mass is 19.1. The Hall–Kier alpha value is -2.24. The first-order valence-corrected chi connectivity index (χ1v) is 8.28. The molecule has 2 saturated carbocycles. The molecule has 2 aliphatic rings. The van der Waals surface area contributed by atoms with Crippen LogP contribution < -0.4 is 5.32 Å². The van der Waals surface area contributed by atoms with Gasteiger partial charge in [-0.25, -0.2) is 4.39 Å². The molecule has 1 aromatic carbocycles. The van der Waals surface area contributed by atoms with Crippen molar-refractivity contribution < 1.29 is 23.5 Å². The molecule has 128 valence electrons. The molecule has 0 aromatic heterocycles. The van der Waals surface area contributed by atoms with Gasteiger partial charge in [-0.05, 0) is 43.9 Å². The van der Waals surface area contributed by atoms with Gasteiger partial charge in [-0.1, -0.05) is 12.5 Å². The van der Waals surface area contributed by atoms with Crippen molar-refractivity contribution in [3.8, 4) is 0 Å². The molecule has 0 heterocycles. The largest absolute Gasteiger partial charge is 0.455 e. The van der Waals surface area contributed by atoms with E-state index in [0.29, 0.717) is 18.5 Å². The lowest BCUT2D eigenvalue weighted by Crippen LogP contribution is -2.40. The molecule has 6 heteroatoms. The molecule has 0 radical (unpaired) electrons. The van der Waals surface area contributed by atoms with Gasteiger partial charge in [-0.2, -0.15) is 0 Å². The van der Waals surface area contributed by atoms with Gasteiger partial charge < -0.3 is 10.1 Å². The van der Waals surface area contributed by atoms with Gasteiger partial charge in [0.25, 0.3) is 5.91 Å². The number of Topliss-reactive ketones (excluding diaryl/α,β-unsaturated/α-hetero) is 1. The number of ketones is 1. The fourth-order valence-corrected chi connectivity index (χ4v) is 3.69. The molecule has 0 saturated heterocycles. The van der Waals surface area contributed by atoms with Crippen LogP contribution in [0.15, 0.2) is 24.3 Å². The number of anilines is 1. The number of amides is 1. The second-order valence-electron chi connectivity index (χ2n) is 6.56. The molecule has 1 aromatic rings. The van der Waals surface area contributed by atoms with Crippen molar-refractivity contribution >= 4 is 23.3 Å². The van der Waals surface area contributed by atoms with E-state index in [1.54, 1.807) is 6.07 Å². The van der Waals surface area contributed by atoms with E-state index in [2.05, 4.69) is 5.32 Å². The highest BCUT2D eigenvalue weighted by molar-refractivity contribution is 5.93. The number of carbonyl (C=O) groups is 3. The summed E-state index contributed by atoms with van der Waals surface area (Å²) in [6, 6.07) is 5.50. The van der Waals surface area contributed by atoms with Crippen molar-refractivity contribution in [3.05, 3.63) is 30.1 Å². The topological polar surface area (TPSA) is 72.5 Å². The summed E-state index contributed by atoms with van der Waals surface area (Å²) in [5.41, 5.74) is 0.314. The van der Waals surface area contributed by atoms with Crippen molar-refractivity contribution in [2.45, 2.75) is 32.1 Å². The number of ether oxygens (including phenoxy) is 1. The summed E-state index contributed by atoms with van der Waals surface area (Å²) < 4.78 is 18.1. The highest BCUT2D eigenvalue weighted by Crippen LogP contribution is 2.40. The zero-order valence-corrected chi connectivity index (χ0v) is 13.3. The number of carbonyl (C=O) groups excluding carboxylic acids is 3. The number of nitrogens with one attached hydrogen (secondary N) is 1. The lowest BCUT2D eigenvalue weighted by atomic mass is 9.67. The van der Waals surface area contributed by atoms with Crippen LogP contribution in [0.1, 0.15) is 32.1 Å². The van der Waals surface area contributed by atoms with E-state index in [4.69, 9.17) is 4.74 Å². The molecule has 2 bridgehead atoms. The molecule has 24 heavy (non-hydrogen) atoms. The number of rotatable bonds is 4. The van der Waals surface area contributed by atoms with Gasteiger partial charge in [-0.15, -0.1) is 0 Å². The summed E-state index contributed by atoms with van der Waals surface area (Å²) in [6.45, 7) is -0.408. The minimum atomic E-state index is -0.513. The Balaban J connectivity index is 1.48. The minimum absolute atomic E-state index is 0.0313. The second-order valence-corrected chi connectivity index (χ2v) is 6.56. The monoisotopic (exact) mass is 333 g/mol. The third-order valence-electron chi connectivity index (χ3n) is 4.84. The van der Waals surface area contributed by atoms with Crippen LogP contribution in [0.4, 0.5) is 10.1 Å². The zero-order chi connectivity index (χ0) is 17.1. The molecule has 1 amide bonds. The molecule has 2 atom stereocenters. The molecular weight excluding hydrogens is 313 g/mol. The SMILES string of the molecule is O=C(COC(=O)C1CC2CCCC(C1)C2=O)Nc1cccc(F)c1. The quantitative estimate of drug-likeness (QED) is 0.860. The smallest absolute Gasteiger partial charge is 0.309 e. The van der Waals surface area contributed by atoms with Crippen LogP contribution >= 0.6 is 0 Å². The molecule has 2 unspecified atom stereocenters. The van der Waals surface area contributed by atoms with E-state index in [-0.39, 0.29) is 23.5 Å². The maximum atomic E-state index is 13.1. The lowest BCUT2D eigenvalue weighted by Gasteiger charge is -2.36. The summed E-state index contributed by atoms with van der Waals surface area (Å²) in [5.74, 6) is -1.47. The third-order valence-corrected chi connectivity index (χ3v) is 4.84. The van der Waals surface area contributed by atoms with E-state index < -0.39 is 24.3 Å². The zero-order valence-electron chi connectivity index (χ0n) is 13.3. The minimum Gasteiger partial charge on any atom is -0.455 e. The lowest BCUT2D eigenvalue weighted by molar-refractivity contribution is -0.155. The maximum Gasteiger partial charge on any atom is 0.309 e. The van der Waals surface area contributed by atoms with Gasteiger partial charge in [0, 0.05) is 17.5 Å². The Bertz CT molecular complexity index is 644. The molecule has 3 rings (SSSR count). The average molecular weight is 333 g/mol. The molecule has 2 aliphatic carbocycles. The first kappa shape index (κ1) is 16.6. The fourth-order valence-electron chi connectivity index (χ4n) is 3.69. The molecule has 5 nitrogen and oxygen atoms in total. The van der Waals surface area contributed by atoms with Crippen LogP contribution in [0, 0.1) is 23.6 Å². The summed E-state index contributed by atoms with van der Waals surface area (Å²) in [6.07, 6.45) is 3.79. The molecule has 2 fully saturated rings. The number of hydrogen-bond donors (Lipinski definition) is 1. The van der Waals surface area contributed by atoms with Crippen LogP contribution in [-0.4, -0.2) is 24.3 Å². The van der Waals surface area contributed by atoms with Crippen LogP contribution in [0.5, 0.6) is 0 Å². The van der Waals surface area contributed by atoms with E-state index in [9.17, 15) is 18.8 Å². The van der Waals surface area contributed by atoms with Gasteiger partial charge in [0.2, 0.25) is 0 Å². The third kappa shape index (κ3) is 3.80. The van der Waals surface area contributed by atoms with Crippen LogP contribution in [0.2, 0.25) is 0 Å². The molecule has 1 N–H and O–H groups in total. The van der Waals surface area contributed by atoms with Crippen LogP contribution in [0.3, 0.4) is 0 Å². The van der Waals surface area contributed by atoms with E-state index in [1.165, 1.54) is 18.2 Å². The van der Waals surface area contributed by atoms with Gasteiger partial charge in [-0.3, -0.25) is 14.4 Å². The number of esters is 1. The molecule has 0 aliphatic heterocycles. The molecular formula is C18H20FNO4. The van der Waals surface area contributed by atoms with Crippen LogP contribution in [0.25, 0.3) is 0 Å². The second kappa shape index (κ2) is 7.11. The van der Waals surface area contributed by atoms with Crippen molar-refractivity contribution in [1.82, 2.24) is 0 Å². The maximum absolute atomic E-state index is 13.1. The Labute approximate surface area is 139 Å². The summed E-state index contributed by atoms with van der Waals surface area (Å²) >= 11 is 0. The van der Waals surface area contributed by atoms with E-state index in [0.717, 1.165) is 19.3 Å². The number of fused-ring (bicyclic) bond motifs is 2. The number of halogens is 1. The average Bonchev–Trinajstić information content (AvgIpc) is 2.52. The van der Waals surface area contributed by atoms with Crippen molar-refractivity contribution in [2.24, 2.45) is 17.8 Å². The molecule has 0 spiro atoms. The standard InChI is InChI=1S/C18H20FNO4/c19-14-5-2-6-15(9-14)20-16(21)10-24-18(23)13-7-11-3-1-4-12(8-13)17(11)22/h2,5-6,9,11-13H,1,3-4,7-8,10H2,(H,20,21). The van der Waals surface area contributed by atoms with Gasteiger partial charge in [0.15, 0.2) is 6.61 Å². The summed E-state index contributed by atoms with van der Waals surface area (Å²) in [7, 11) is 0. The summed E-state index contributed by atoms with van der Waals surface area (Å²) in [5, 5.41) is 2.48. The number of hydrogen-bond acceptors (Lipinski definition) is 4. The van der Waals surface area contributed by atoms with Crippen molar-refractivity contribution in [1.29, 1.82) is 0 Å². The van der Waals surface area contributed by atoms with Gasteiger partial charge in [0.05, 0.1) is 5.92 Å². The normalized spacial score (nSPS) is 25.9.